The first kappa shape index (κ1) is 11.6. The number of aromatic nitrogens is 2. The summed E-state index contributed by atoms with van der Waals surface area (Å²) in [6.45, 7) is 2.72. The molecule has 0 aliphatic heterocycles. The highest BCUT2D eigenvalue weighted by Crippen LogP contribution is 2.10. The highest BCUT2D eigenvalue weighted by atomic mass is 32.1. The highest BCUT2D eigenvalue weighted by molar-refractivity contribution is 7.15. The SMILES string of the molecule is COCCCCNCc1cn2ccsc2n1. The Balaban J connectivity index is 1.68. The fourth-order valence-corrected chi connectivity index (χ4v) is 2.29. The zero-order valence-electron chi connectivity index (χ0n) is 9.48. The summed E-state index contributed by atoms with van der Waals surface area (Å²) in [4.78, 5) is 5.57. The Bertz CT molecular complexity index is 395. The van der Waals surface area contributed by atoms with Crippen LogP contribution in [0.25, 0.3) is 4.96 Å². The summed E-state index contributed by atoms with van der Waals surface area (Å²) in [6, 6.07) is 0. The van der Waals surface area contributed by atoms with E-state index in [1.807, 2.05) is 11.6 Å². The van der Waals surface area contributed by atoms with Gasteiger partial charge < -0.3 is 10.1 Å². The van der Waals surface area contributed by atoms with Crippen LogP contribution in [0.15, 0.2) is 17.8 Å². The average Bonchev–Trinajstić information content (AvgIpc) is 2.83. The van der Waals surface area contributed by atoms with Crippen LogP contribution in [-0.4, -0.2) is 29.6 Å². The second-order valence-corrected chi connectivity index (χ2v) is 4.57. The van der Waals surface area contributed by atoms with Gasteiger partial charge in [0.15, 0.2) is 4.96 Å². The Morgan fingerprint density at radius 1 is 1.50 bits per heavy atom. The normalized spacial score (nSPS) is 11.3. The maximum absolute atomic E-state index is 4.99. The summed E-state index contributed by atoms with van der Waals surface area (Å²) in [5.74, 6) is 0. The number of rotatable bonds is 7. The molecule has 2 heterocycles. The average molecular weight is 239 g/mol. The van der Waals surface area contributed by atoms with E-state index in [9.17, 15) is 0 Å². The molecule has 0 atom stereocenters. The van der Waals surface area contributed by atoms with E-state index in [2.05, 4.69) is 20.9 Å². The standard InChI is InChI=1S/C11H17N3OS/c1-15-6-3-2-4-12-8-10-9-14-5-7-16-11(14)13-10/h5,7,9,12H,2-4,6,8H2,1H3. The molecule has 0 unspecified atom stereocenters. The Morgan fingerprint density at radius 2 is 2.44 bits per heavy atom. The van der Waals surface area contributed by atoms with Gasteiger partial charge >= 0.3 is 0 Å². The van der Waals surface area contributed by atoms with Gasteiger partial charge in [-0.3, -0.25) is 4.40 Å². The Hall–Kier alpha value is -0.910. The van der Waals surface area contributed by atoms with Gasteiger partial charge in [-0.15, -0.1) is 11.3 Å². The topological polar surface area (TPSA) is 38.6 Å². The fraction of sp³-hybridized carbons (Fsp3) is 0.545. The van der Waals surface area contributed by atoms with Crippen molar-refractivity contribution in [2.75, 3.05) is 20.3 Å². The smallest absolute Gasteiger partial charge is 0.193 e. The predicted octanol–water partition coefficient (Wildman–Crippen LogP) is 1.91. The van der Waals surface area contributed by atoms with Gasteiger partial charge in [-0.05, 0) is 19.4 Å². The van der Waals surface area contributed by atoms with Gasteiger partial charge in [0.1, 0.15) is 0 Å². The number of nitrogens with zero attached hydrogens (tertiary/aromatic N) is 2. The van der Waals surface area contributed by atoms with E-state index in [0.717, 1.165) is 43.2 Å². The van der Waals surface area contributed by atoms with Crippen molar-refractivity contribution < 1.29 is 4.74 Å². The maximum atomic E-state index is 4.99. The van der Waals surface area contributed by atoms with Gasteiger partial charge in [0.25, 0.3) is 0 Å². The van der Waals surface area contributed by atoms with Gasteiger partial charge in [0.2, 0.25) is 0 Å². The molecule has 0 spiro atoms. The van der Waals surface area contributed by atoms with Crippen LogP contribution in [-0.2, 0) is 11.3 Å². The van der Waals surface area contributed by atoms with Gasteiger partial charge in [0.05, 0.1) is 5.69 Å². The quantitative estimate of drug-likeness (QED) is 0.750. The lowest BCUT2D eigenvalue weighted by Crippen LogP contribution is -2.15. The molecular weight excluding hydrogens is 222 g/mol. The fourth-order valence-electron chi connectivity index (χ4n) is 1.57. The molecule has 2 rings (SSSR count). The third kappa shape index (κ3) is 3.04. The van der Waals surface area contributed by atoms with Crippen molar-refractivity contribution in [3.8, 4) is 0 Å². The lowest BCUT2D eigenvalue weighted by molar-refractivity contribution is 0.192. The van der Waals surface area contributed by atoms with Crippen molar-refractivity contribution in [2.24, 2.45) is 0 Å². The molecule has 0 saturated heterocycles. The van der Waals surface area contributed by atoms with E-state index in [1.165, 1.54) is 0 Å². The van der Waals surface area contributed by atoms with Crippen molar-refractivity contribution in [1.29, 1.82) is 0 Å². The second-order valence-electron chi connectivity index (χ2n) is 3.70. The molecule has 88 valence electrons. The number of hydrogen-bond acceptors (Lipinski definition) is 4. The highest BCUT2D eigenvalue weighted by Gasteiger charge is 2.01. The van der Waals surface area contributed by atoms with Crippen LogP contribution in [0, 0.1) is 0 Å². The van der Waals surface area contributed by atoms with Crippen LogP contribution in [0.5, 0.6) is 0 Å². The predicted molar refractivity (Wildman–Crippen MR) is 65.9 cm³/mol. The van der Waals surface area contributed by atoms with Gasteiger partial charge in [-0.25, -0.2) is 4.98 Å². The Labute approximate surface area is 99.3 Å². The molecule has 0 aliphatic rings. The third-order valence-electron chi connectivity index (χ3n) is 2.40. The summed E-state index contributed by atoms with van der Waals surface area (Å²) in [7, 11) is 1.74. The van der Waals surface area contributed by atoms with Crippen LogP contribution in [0.4, 0.5) is 0 Å². The minimum Gasteiger partial charge on any atom is -0.385 e. The van der Waals surface area contributed by atoms with Crippen molar-refractivity contribution in [1.82, 2.24) is 14.7 Å². The molecule has 2 aromatic rings. The molecule has 4 nitrogen and oxygen atoms in total. The third-order valence-corrected chi connectivity index (χ3v) is 3.17. The van der Waals surface area contributed by atoms with Crippen molar-refractivity contribution in [3.05, 3.63) is 23.5 Å². The van der Waals surface area contributed by atoms with E-state index in [1.54, 1.807) is 18.4 Å². The van der Waals surface area contributed by atoms with Crippen LogP contribution in [0.2, 0.25) is 0 Å². The lowest BCUT2D eigenvalue weighted by atomic mass is 10.3. The monoisotopic (exact) mass is 239 g/mol. The molecule has 0 fully saturated rings. The molecule has 0 saturated carbocycles. The van der Waals surface area contributed by atoms with Gasteiger partial charge in [-0.1, -0.05) is 0 Å². The van der Waals surface area contributed by atoms with E-state index in [0.29, 0.717) is 0 Å². The van der Waals surface area contributed by atoms with Crippen molar-refractivity contribution >= 4 is 16.3 Å². The van der Waals surface area contributed by atoms with E-state index < -0.39 is 0 Å². The Kier molecular flexibility index (Phi) is 4.33. The largest absolute Gasteiger partial charge is 0.385 e. The summed E-state index contributed by atoms with van der Waals surface area (Å²) in [5, 5.41) is 5.43. The van der Waals surface area contributed by atoms with E-state index in [4.69, 9.17) is 4.74 Å². The molecule has 2 aromatic heterocycles. The summed E-state index contributed by atoms with van der Waals surface area (Å²) in [6.07, 6.45) is 6.38. The number of thiazole rings is 1. The van der Waals surface area contributed by atoms with Crippen LogP contribution >= 0.6 is 11.3 Å². The number of unbranched alkanes of at least 4 members (excludes halogenated alkanes) is 1. The molecule has 1 N–H and O–H groups in total. The first-order chi connectivity index (χ1) is 7.90. The van der Waals surface area contributed by atoms with Crippen molar-refractivity contribution in [3.63, 3.8) is 0 Å². The number of fused-ring (bicyclic) bond motifs is 1. The minimum absolute atomic E-state index is 0.849. The summed E-state index contributed by atoms with van der Waals surface area (Å²) < 4.78 is 7.06. The molecule has 0 aliphatic carbocycles. The summed E-state index contributed by atoms with van der Waals surface area (Å²) >= 11 is 1.67. The second kappa shape index (κ2) is 5.98. The molecule has 0 bridgehead atoms. The number of hydrogen-bond donors (Lipinski definition) is 1. The molecule has 0 radical (unpaired) electrons. The molecule has 16 heavy (non-hydrogen) atoms. The van der Waals surface area contributed by atoms with Gasteiger partial charge in [0, 0.05) is 38.0 Å². The van der Waals surface area contributed by atoms with Crippen LogP contribution in [0.1, 0.15) is 18.5 Å². The number of methoxy groups -OCH3 is 1. The Morgan fingerprint density at radius 3 is 3.25 bits per heavy atom. The molecular formula is C11H17N3OS. The van der Waals surface area contributed by atoms with Crippen molar-refractivity contribution in [2.45, 2.75) is 19.4 Å². The first-order valence-corrected chi connectivity index (χ1v) is 6.39. The molecule has 0 aromatic carbocycles. The zero-order valence-corrected chi connectivity index (χ0v) is 10.3. The molecule has 0 amide bonds. The van der Waals surface area contributed by atoms with Gasteiger partial charge in [-0.2, -0.15) is 0 Å². The van der Waals surface area contributed by atoms with Crippen LogP contribution < -0.4 is 5.32 Å². The molecule has 5 heteroatoms. The van der Waals surface area contributed by atoms with E-state index >= 15 is 0 Å². The van der Waals surface area contributed by atoms with E-state index in [-0.39, 0.29) is 0 Å². The summed E-state index contributed by atoms with van der Waals surface area (Å²) in [5.41, 5.74) is 1.11. The lowest BCUT2D eigenvalue weighted by Gasteiger charge is -2.01. The number of ether oxygens (including phenoxy) is 1. The zero-order chi connectivity index (χ0) is 11.2. The number of nitrogens with one attached hydrogen (secondary N) is 1. The minimum atomic E-state index is 0.849. The van der Waals surface area contributed by atoms with Crippen LogP contribution in [0.3, 0.4) is 0 Å². The number of imidazole rings is 1. The maximum Gasteiger partial charge on any atom is 0.193 e. The first-order valence-electron chi connectivity index (χ1n) is 5.51.